The number of rotatable bonds is 8. The molecule has 6 nitrogen and oxygen atoms in total. The van der Waals surface area contributed by atoms with Crippen molar-refractivity contribution in [2.24, 2.45) is 5.92 Å². The molecule has 1 heterocycles. The topological polar surface area (TPSA) is 70.7 Å². The fourth-order valence-corrected chi connectivity index (χ4v) is 3.99. The maximum Gasteiger partial charge on any atom is 0.243 e. The maximum absolute atomic E-state index is 12.7. The predicted molar refractivity (Wildman–Crippen MR) is 123 cm³/mol. The molecular formula is C25H33N3O3. The van der Waals surface area contributed by atoms with Gasteiger partial charge in [-0.15, -0.1) is 0 Å². The van der Waals surface area contributed by atoms with E-state index < -0.39 is 0 Å². The van der Waals surface area contributed by atoms with Crippen molar-refractivity contribution in [2.45, 2.75) is 39.7 Å². The third-order valence-corrected chi connectivity index (χ3v) is 5.88. The van der Waals surface area contributed by atoms with Gasteiger partial charge in [0, 0.05) is 18.2 Å². The number of nitrogens with one attached hydrogen (secondary N) is 2. The molecule has 0 spiro atoms. The zero-order chi connectivity index (χ0) is 22.2. The second kappa shape index (κ2) is 11.0. The molecule has 31 heavy (non-hydrogen) atoms. The van der Waals surface area contributed by atoms with Gasteiger partial charge in [-0.25, -0.2) is 0 Å². The van der Waals surface area contributed by atoms with E-state index in [1.165, 1.54) is 0 Å². The first kappa shape index (κ1) is 22.8. The Labute approximate surface area is 185 Å². The number of hydrogen-bond donors (Lipinski definition) is 2. The largest absolute Gasteiger partial charge is 0.493 e. The molecule has 2 aromatic carbocycles. The monoisotopic (exact) mass is 423 g/mol. The minimum atomic E-state index is -0.285. The molecule has 2 atom stereocenters. The number of carbonyl (C=O) groups is 2. The maximum atomic E-state index is 12.7. The van der Waals surface area contributed by atoms with Crippen molar-refractivity contribution in [3.63, 3.8) is 0 Å². The number of nitrogens with zero attached hydrogens (tertiary/aromatic N) is 1. The summed E-state index contributed by atoms with van der Waals surface area (Å²) in [5.74, 6) is 0.920. The molecule has 2 N–H and O–H groups in total. The average Bonchev–Trinajstić information content (AvgIpc) is 2.79. The third-order valence-electron chi connectivity index (χ3n) is 5.88. The Morgan fingerprint density at radius 1 is 1.10 bits per heavy atom. The fourth-order valence-electron chi connectivity index (χ4n) is 3.99. The molecule has 3 rings (SSSR count). The summed E-state index contributed by atoms with van der Waals surface area (Å²) in [6.07, 6.45) is 2.13. The molecule has 1 aliphatic rings. The number of aryl methyl sites for hydroxylation is 2. The minimum Gasteiger partial charge on any atom is -0.493 e. The van der Waals surface area contributed by atoms with Crippen molar-refractivity contribution in [3.05, 3.63) is 59.7 Å². The molecule has 0 aromatic heterocycles. The van der Waals surface area contributed by atoms with Crippen LogP contribution in [0.5, 0.6) is 5.75 Å². The van der Waals surface area contributed by atoms with Crippen LogP contribution in [-0.2, 0) is 9.59 Å². The summed E-state index contributed by atoms with van der Waals surface area (Å²) >= 11 is 0. The van der Waals surface area contributed by atoms with Crippen LogP contribution in [0.15, 0.2) is 48.5 Å². The van der Waals surface area contributed by atoms with Gasteiger partial charge in [0.15, 0.2) is 0 Å². The van der Waals surface area contributed by atoms with Crippen molar-refractivity contribution in [1.29, 1.82) is 0 Å². The molecule has 2 aromatic rings. The number of likely N-dealkylation sites (tertiary alicyclic amines) is 1. The van der Waals surface area contributed by atoms with Gasteiger partial charge in [0.25, 0.3) is 0 Å². The van der Waals surface area contributed by atoms with Crippen LogP contribution < -0.4 is 15.4 Å². The number of benzene rings is 2. The summed E-state index contributed by atoms with van der Waals surface area (Å²) < 4.78 is 5.91. The van der Waals surface area contributed by atoms with Crippen LogP contribution in [0.2, 0.25) is 0 Å². The quantitative estimate of drug-likeness (QED) is 0.681. The molecule has 6 heteroatoms. The van der Waals surface area contributed by atoms with Gasteiger partial charge in [-0.05, 0) is 63.4 Å². The number of piperidine rings is 1. The van der Waals surface area contributed by atoms with Gasteiger partial charge in [-0.1, -0.05) is 36.4 Å². The van der Waals surface area contributed by atoms with Crippen molar-refractivity contribution >= 4 is 17.5 Å². The SMILES string of the molecule is Cc1cccc(C)c1NC(=O)CNC(=O)C(C)N1CCCC(COc2ccccc2)C1. The van der Waals surface area contributed by atoms with Gasteiger partial charge >= 0.3 is 0 Å². The normalized spacial score (nSPS) is 17.6. The van der Waals surface area contributed by atoms with Gasteiger partial charge < -0.3 is 15.4 Å². The lowest BCUT2D eigenvalue weighted by atomic mass is 9.97. The lowest BCUT2D eigenvalue weighted by molar-refractivity contribution is -0.128. The molecule has 0 radical (unpaired) electrons. The Kier molecular flexibility index (Phi) is 8.06. The van der Waals surface area contributed by atoms with E-state index in [2.05, 4.69) is 15.5 Å². The first-order valence-corrected chi connectivity index (χ1v) is 11.0. The zero-order valence-corrected chi connectivity index (χ0v) is 18.7. The number of anilines is 1. The highest BCUT2D eigenvalue weighted by molar-refractivity contribution is 5.96. The van der Waals surface area contributed by atoms with Gasteiger partial charge in [0.2, 0.25) is 11.8 Å². The average molecular weight is 424 g/mol. The van der Waals surface area contributed by atoms with Crippen molar-refractivity contribution in [3.8, 4) is 5.75 Å². The van der Waals surface area contributed by atoms with Crippen LogP contribution in [0.4, 0.5) is 5.69 Å². The van der Waals surface area contributed by atoms with E-state index >= 15 is 0 Å². The standard InChI is InChI=1S/C25H33N3O3/c1-18-9-7-10-19(2)24(18)27-23(29)15-26-25(30)20(3)28-14-8-11-21(16-28)17-31-22-12-5-4-6-13-22/h4-7,9-10,12-13,20-21H,8,11,14-17H2,1-3H3,(H,26,30)(H,27,29). The lowest BCUT2D eigenvalue weighted by Gasteiger charge is -2.36. The molecule has 2 amide bonds. The first-order chi connectivity index (χ1) is 14.9. The molecule has 166 valence electrons. The second-order valence-electron chi connectivity index (χ2n) is 8.34. The van der Waals surface area contributed by atoms with Crippen LogP contribution >= 0.6 is 0 Å². The Morgan fingerprint density at radius 3 is 2.52 bits per heavy atom. The van der Waals surface area contributed by atoms with Crippen molar-refractivity contribution in [1.82, 2.24) is 10.2 Å². The Hall–Kier alpha value is -2.86. The number of hydrogen-bond acceptors (Lipinski definition) is 4. The number of para-hydroxylation sites is 2. The number of ether oxygens (including phenoxy) is 1. The Morgan fingerprint density at radius 2 is 1.81 bits per heavy atom. The zero-order valence-electron chi connectivity index (χ0n) is 18.7. The summed E-state index contributed by atoms with van der Waals surface area (Å²) in [5, 5.41) is 5.70. The summed E-state index contributed by atoms with van der Waals surface area (Å²) in [4.78, 5) is 27.2. The van der Waals surface area contributed by atoms with Gasteiger partial charge in [-0.2, -0.15) is 0 Å². The second-order valence-corrected chi connectivity index (χ2v) is 8.34. The van der Waals surface area contributed by atoms with Gasteiger partial charge in [0.1, 0.15) is 5.75 Å². The van der Waals surface area contributed by atoms with E-state index in [1.807, 2.05) is 69.3 Å². The van der Waals surface area contributed by atoms with E-state index in [1.54, 1.807) is 0 Å². The number of carbonyl (C=O) groups excluding carboxylic acids is 2. The molecule has 1 saturated heterocycles. The van der Waals surface area contributed by atoms with Crippen LogP contribution in [0, 0.1) is 19.8 Å². The van der Waals surface area contributed by atoms with Crippen molar-refractivity contribution in [2.75, 3.05) is 31.6 Å². The highest BCUT2D eigenvalue weighted by atomic mass is 16.5. The summed E-state index contributed by atoms with van der Waals surface area (Å²) in [6.45, 7) is 8.12. The van der Waals surface area contributed by atoms with E-state index in [9.17, 15) is 9.59 Å². The summed E-state index contributed by atoms with van der Waals surface area (Å²) in [7, 11) is 0. The van der Waals surface area contributed by atoms with E-state index in [0.29, 0.717) is 12.5 Å². The first-order valence-electron chi connectivity index (χ1n) is 11.0. The van der Waals surface area contributed by atoms with E-state index in [0.717, 1.165) is 48.5 Å². The molecule has 0 saturated carbocycles. The third kappa shape index (κ3) is 6.56. The molecular weight excluding hydrogens is 390 g/mol. The van der Waals surface area contributed by atoms with E-state index in [4.69, 9.17) is 4.74 Å². The summed E-state index contributed by atoms with van der Waals surface area (Å²) in [5.41, 5.74) is 2.82. The Bertz CT molecular complexity index is 865. The number of amides is 2. The van der Waals surface area contributed by atoms with Crippen molar-refractivity contribution < 1.29 is 14.3 Å². The van der Waals surface area contributed by atoms with Gasteiger partial charge in [0.05, 0.1) is 19.2 Å². The van der Waals surface area contributed by atoms with Crippen LogP contribution in [-0.4, -0.2) is 49.0 Å². The molecule has 2 unspecified atom stereocenters. The lowest BCUT2D eigenvalue weighted by Crippen LogP contribution is -2.50. The fraction of sp³-hybridized carbons (Fsp3) is 0.440. The van der Waals surface area contributed by atoms with E-state index in [-0.39, 0.29) is 24.4 Å². The minimum absolute atomic E-state index is 0.0364. The highest BCUT2D eigenvalue weighted by Gasteiger charge is 2.28. The smallest absolute Gasteiger partial charge is 0.243 e. The summed E-state index contributed by atoms with van der Waals surface area (Å²) in [6, 6.07) is 15.4. The molecule has 0 aliphatic carbocycles. The van der Waals surface area contributed by atoms with Gasteiger partial charge in [-0.3, -0.25) is 14.5 Å². The molecule has 0 bridgehead atoms. The highest BCUT2D eigenvalue weighted by Crippen LogP contribution is 2.21. The Balaban J connectivity index is 1.45. The molecule has 1 aliphatic heterocycles. The predicted octanol–water partition coefficient (Wildman–Crippen LogP) is 3.54. The van der Waals surface area contributed by atoms with Crippen LogP contribution in [0.1, 0.15) is 30.9 Å². The van der Waals surface area contributed by atoms with Crippen LogP contribution in [0.25, 0.3) is 0 Å². The molecule has 1 fully saturated rings. The van der Waals surface area contributed by atoms with Crippen LogP contribution in [0.3, 0.4) is 0 Å².